The highest BCUT2D eigenvalue weighted by Crippen LogP contribution is 2.55. The molecule has 0 radical (unpaired) electrons. The van der Waals surface area contributed by atoms with Crippen LogP contribution < -0.4 is 10.2 Å². The molecule has 3 heterocycles. The van der Waals surface area contributed by atoms with E-state index in [1.165, 1.54) is 17.0 Å². The summed E-state index contributed by atoms with van der Waals surface area (Å²) in [5.41, 5.74) is 1.74. The fourth-order valence-electron chi connectivity index (χ4n) is 6.57. The third kappa shape index (κ3) is 3.68. The minimum Gasteiger partial charge on any atom is -0.306 e. The Labute approximate surface area is 221 Å². The van der Waals surface area contributed by atoms with E-state index in [9.17, 15) is 18.8 Å². The molecular formula is C31H30FN3O3. The monoisotopic (exact) mass is 511 g/mol. The van der Waals surface area contributed by atoms with E-state index in [0.29, 0.717) is 12.1 Å². The Kier molecular flexibility index (Phi) is 5.91. The highest BCUT2D eigenvalue weighted by Gasteiger charge is 2.71. The van der Waals surface area contributed by atoms with Gasteiger partial charge < -0.3 is 4.90 Å². The first-order chi connectivity index (χ1) is 18.3. The van der Waals surface area contributed by atoms with E-state index >= 15 is 0 Å². The Hall–Kier alpha value is -3.84. The Morgan fingerprint density at radius 3 is 2.16 bits per heavy atom. The minimum atomic E-state index is -1.33. The van der Waals surface area contributed by atoms with E-state index in [2.05, 4.69) is 19.2 Å². The SMILES string of the molecule is CC(C)CC1NC2(C(=O)N(Cc3ccc(F)cc3)c3ccccc32)C2C(=O)N(Cc3ccccc3)C(=O)C12. The average Bonchev–Trinajstić information content (AvgIpc) is 3.45. The number of imide groups is 1. The van der Waals surface area contributed by atoms with E-state index in [4.69, 9.17) is 0 Å². The third-order valence-electron chi connectivity index (χ3n) is 8.12. The number of likely N-dealkylation sites (tertiary alicyclic amines) is 1. The molecular weight excluding hydrogens is 481 g/mol. The summed E-state index contributed by atoms with van der Waals surface area (Å²) in [5.74, 6) is -2.33. The van der Waals surface area contributed by atoms with Crippen molar-refractivity contribution in [2.75, 3.05) is 4.90 Å². The van der Waals surface area contributed by atoms with E-state index < -0.39 is 17.4 Å². The largest absolute Gasteiger partial charge is 0.306 e. The van der Waals surface area contributed by atoms with Crippen molar-refractivity contribution in [3.05, 3.63) is 101 Å². The lowest BCUT2D eigenvalue weighted by atomic mass is 9.76. The highest BCUT2D eigenvalue weighted by atomic mass is 19.1. The van der Waals surface area contributed by atoms with Gasteiger partial charge in [-0.1, -0.05) is 74.5 Å². The summed E-state index contributed by atoms with van der Waals surface area (Å²) < 4.78 is 13.6. The van der Waals surface area contributed by atoms with Crippen LogP contribution >= 0.6 is 0 Å². The predicted molar refractivity (Wildman–Crippen MR) is 141 cm³/mol. The maximum absolute atomic E-state index is 14.5. The average molecular weight is 512 g/mol. The van der Waals surface area contributed by atoms with E-state index in [1.807, 2.05) is 54.6 Å². The van der Waals surface area contributed by atoms with Crippen molar-refractivity contribution >= 4 is 23.4 Å². The summed E-state index contributed by atoms with van der Waals surface area (Å²) in [6.07, 6.45) is 0.661. The number of fused-ring (bicyclic) bond motifs is 4. The van der Waals surface area contributed by atoms with Gasteiger partial charge in [0.25, 0.3) is 5.91 Å². The number of carbonyl (C=O) groups is 3. The molecule has 0 aromatic heterocycles. The van der Waals surface area contributed by atoms with Gasteiger partial charge in [0, 0.05) is 17.3 Å². The lowest BCUT2D eigenvalue weighted by molar-refractivity contribution is -0.143. The van der Waals surface area contributed by atoms with Crippen LogP contribution in [0.1, 0.15) is 37.0 Å². The maximum Gasteiger partial charge on any atom is 0.253 e. The number of benzene rings is 3. The van der Waals surface area contributed by atoms with Crippen LogP contribution in [0.25, 0.3) is 0 Å². The number of rotatable bonds is 6. The van der Waals surface area contributed by atoms with Gasteiger partial charge in [0.15, 0.2) is 0 Å². The fraction of sp³-hybridized carbons (Fsp3) is 0.323. The van der Waals surface area contributed by atoms with E-state index in [-0.39, 0.29) is 48.6 Å². The summed E-state index contributed by atoms with van der Waals surface area (Å²) in [5, 5.41) is 3.56. The molecule has 3 amide bonds. The van der Waals surface area contributed by atoms with Crippen LogP contribution in [0.5, 0.6) is 0 Å². The van der Waals surface area contributed by atoms with Crippen LogP contribution in [-0.2, 0) is 33.0 Å². The number of hydrogen-bond donors (Lipinski definition) is 1. The van der Waals surface area contributed by atoms with Gasteiger partial charge in [-0.05, 0) is 41.7 Å². The molecule has 0 bridgehead atoms. The first kappa shape index (κ1) is 24.5. The first-order valence-electron chi connectivity index (χ1n) is 13.1. The molecule has 0 aliphatic carbocycles. The molecule has 6 rings (SSSR count). The zero-order valence-electron chi connectivity index (χ0n) is 21.4. The zero-order chi connectivity index (χ0) is 26.6. The molecule has 3 aliphatic heterocycles. The molecule has 1 N–H and O–H groups in total. The molecule has 7 heteroatoms. The number of nitrogens with zero attached hydrogens (tertiary/aromatic N) is 2. The molecule has 4 unspecified atom stereocenters. The Morgan fingerprint density at radius 1 is 0.816 bits per heavy atom. The van der Waals surface area contributed by atoms with Crippen molar-refractivity contribution in [1.29, 1.82) is 0 Å². The van der Waals surface area contributed by atoms with Gasteiger partial charge in [0.2, 0.25) is 11.8 Å². The summed E-state index contributed by atoms with van der Waals surface area (Å²) in [7, 11) is 0. The van der Waals surface area contributed by atoms with Gasteiger partial charge in [-0.3, -0.25) is 24.6 Å². The van der Waals surface area contributed by atoms with Crippen LogP contribution in [0.15, 0.2) is 78.9 Å². The van der Waals surface area contributed by atoms with Gasteiger partial charge in [0.1, 0.15) is 11.4 Å². The molecule has 194 valence electrons. The minimum absolute atomic E-state index is 0.186. The van der Waals surface area contributed by atoms with Crippen molar-refractivity contribution in [2.45, 2.75) is 44.9 Å². The van der Waals surface area contributed by atoms with E-state index in [0.717, 1.165) is 16.7 Å². The van der Waals surface area contributed by atoms with Gasteiger partial charge >= 0.3 is 0 Å². The normalized spacial score (nSPS) is 26.1. The third-order valence-corrected chi connectivity index (χ3v) is 8.12. The topological polar surface area (TPSA) is 69.7 Å². The predicted octanol–water partition coefficient (Wildman–Crippen LogP) is 4.39. The van der Waals surface area contributed by atoms with Crippen LogP contribution in [0.4, 0.5) is 10.1 Å². The molecule has 4 atom stereocenters. The van der Waals surface area contributed by atoms with Crippen LogP contribution in [0.3, 0.4) is 0 Å². The van der Waals surface area contributed by atoms with Crippen LogP contribution in [0, 0.1) is 23.6 Å². The number of nitrogens with one attached hydrogen (secondary N) is 1. The molecule has 3 aliphatic rings. The van der Waals surface area contributed by atoms with E-state index in [1.54, 1.807) is 17.0 Å². The van der Waals surface area contributed by atoms with Gasteiger partial charge in [-0.2, -0.15) is 0 Å². The van der Waals surface area contributed by atoms with Crippen molar-refractivity contribution in [2.24, 2.45) is 17.8 Å². The Bertz CT molecular complexity index is 1410. The maximum atomic E-state index is 14.5. The lowest BCUT2D eigenvalue weighted by Gasteiger charge is -2.31. The summed E-state index contributed by atoms with van der Waals surface area (Å²) >= 11 is 0. The number of anilines is 1. The number of amides is 3. The molecule has 3 aromatic rings. The van der Waals surface area contributed by atoms with Gasteiger partial charge in [-0.25, -0.2) is 4.39 Å². The highest BCUT2D eigenvalue weighted by molar-refractivity contribution is 6.16. The molecule has 1 spiro atoms. The molecule has 2 saturated heterocycles. The second-order valence-electron chi connectivity index (χ2n) is 11.0. The van der Waals surface area contributed by atoms with Crippen molar-refractivity contribution < 1.29 is 18.8 Å². The number of halogens is 1. The second-order valence-corrected chi connectivity index (χ2v) is 11.0. The second kappa shape index (κ2) is 9.17. The molecule has 3 aromatic carbocycles. The van der Waals surface area contributed by atoms with Gasteiger partial charge in [-0.15, -0.1) is 0 Å². The Balaban J connectivity index is 1.44. The zero-order valence-corrected chi connectivity index (χ0v) is 21.4. The number of para-hydroxylation sites is 1. The standard InChI is InChI=1S/C31H30FN3O3/c1-19(2)16-24-26-27(29(37)35(28(26)36)18-20-8-4-3-5-9-20)31(33-24)23-10-6-7-11-25(23)34(30(31)38)17-21-12-14-22(32)15-13-21/h3-15,19,24,26-27,33H,16-18H2,1-2H3. The molecule has 2 fully saturated rings. The lowest BCUT2D eigenvalue weighted by Crippen LogP contribution is -2.55. The number of hydrogen-bond acceptors (Lipinski definition) is 4. The summed E-state index contributed by atoms with van der Waals surface area (Å²) in [6.45, 7) is 4.58. The van der Waals surface area contributed by atoms with Crippen LogP contribution in [-0.4, -0.2) is 28.7 Å². The number of carbonyl (C=O) groups excluding carboxylic acids is 3. The van der Waals surface area contributed by atoms with Gasteiger partial charge in [0.05, 0.1) is 24.9 Å². The summed E-state index contributed by atoms with van der Waals surface area (Å²) in [4.78, 5) is 45.4. The molecule has 6 nitrogen and oxygen atoms in total. The smallest absolute Gasteiger partial charge is 0.253 e. The van der Waals surface area contributed by atoms with Crippen molar-refractivity contribution in [3.8, 4) is 0 Å². The van der Waals surface area contributed by atoms with Crippen molar-refractivity contribution in [1.82, 2.24) is 10.2 Å². The molecule has 0 saturated carbocycles. The first-order valence-corrected chi connectivity index (χ1v) is 13.1. The fourth-order valence-corrected chi connectivity index (χ4v) is 6.57. The quantitative estimate of drug-likeness (QED) is 0.499. The Morgan fingerprint density at radius 2 is 1.45 bits per heavy atom. The molecule has 38 heavy (non-hydrogen) atoms. The van der Waals surface area contributed by atoms with Crippen molar-refractivity contribution in [3.63, 3.8) is 0 Å². The van der Waals surface area contributed by atoms with Crippen LogP contribution in [0.2, 0.25) is 0 Å². The summed E-state index contributed by atoms with van der Waals surface area (Å²) in [6, 6.07) is 22.7.